The average molecular weight is 273 g/mol. The van der Waals surface area contributed by atoms with Gasteiger partial charge in [-0.25, -0.2) is 4.98 Å². The second-order valence-corrected chi connectivity index (χ2v) is 5.51. The first-order valence-corrected chi connectivity index (χ1v) is 7.64. The first-order chi connectivity index (χ1) is 9.88. The highest BCUT2D eigenvalue weighted by molar-refractivity contribution is 5.56. The number of aromatic nitrogens is 4. The minimum Gasteiger partial charge on any atom is -0.327 e. The van der Waals surface area contributed by atoms with Crippen molar-refractivity contribution >= 4 is 0 Å². The van der Waals surface area contributed by atoms with Crippen molar-refractivity contribution in [2.24, 2.45) is 0 Å². The van der Waals surface area contributed by atoms with Crippen LogP contribution in [0.15, 0.2) is 24.9 Å². The molecule has 1 unspecified atom stereocenters. The van der Waals surface area contributed by atoms with E-state index in [1.54, 1.807) is 0 Å². The molecule has 2 aromatic heterocycles. The van der Waals surface area contributed by atoms with Gasteiger partial charge in [0.1, 0.15) is 0 Å². The van der Waals surface area contributed by atoms with E-state index in [4.69, 9.17) is 0 Å². The summed E-state index contributed by atoms with van der Waals surface area (Å²) < 4.78 is 4.35. The summed E-state index contributed by atoms with van der Waals surface area (Å²) in [5.74, 6) is 0. The minimum absolute atomic E-state index is 0.553. The lowest BCUT2D eigenvalue weighted by Gasteiger charge is -2.18. The maximum atomic E-state index is 4.43. The van der Waals surface area contributed by atoms with Crippen molar-refractivity contribution in [2.75, 3.05) is 13.1 Å². The molecule has 0 aliphatic carbocycles. The van der Waals surface area contributed by atoms with Crippen molar-refractivity contribution < 1.29 is 0 Å². The molecule has 1 fully saturated rings. The van der Waals surface area contributed by atoms with Crippen LogP contribution in [-0.4, -0.2) is 32.4 Å². The van der Waals surface area contributed by atoms with Gasteiger partial charge in [-0.05, 0) is 38.8 Å². The van der Waals surface area contributed by atoms with Gasteiger partial charge in [-0.2, -0.15) is 5.10 Å². The zero-order valence-corrected chi connectivity index (χ0v) is 12.1. The standard InChI is InChI=1S/C15H23N5/c1-2-8-19-11-13(9-18-19)15-10-17-12-20(15)14-4-3-6-16-7-5-14/h9-12,14,16H,2-8H2,1H3. The van der Waals surface area contributed by atoms with E-state index in [-0.39, 0.29) is 0 Å². The third-order valence-electron chi connectivity index (χ3n) is 3.99. The second kappa shape index (κ2) is 6.22. The lowest BCUT2D eigenvalue weighted by atomic mass is 10.1. The first kappa shape index (κ1) is 13.4. The van der Waals surface area contributed by atoms with Gasteiger partial charge in [-0.1, -0.05) is 6.92 Å². The molecule has 0 radical (unpaired) electrons. The molecule has 1 aliphatic heterocycles. The lowest BCUT2D eigenvalue weighted by molar-refractivity contribution is 0.457. The van der Waals surface area contributed by atoms with E-state index >= 15 is 0 Å². The number of aryl methyl sites for hydroxylation is 1. The molecule has 5 heteroatoms. The number of rotatable bonds is 4. The molecule has 0 spiro atoms. The molecule has 0 aromatic carbocycles. The van der Waals surface area contributed by atoms with Crippen LogP contribution in [0.3, 0.4) is 0 Å². The highest BCUT2D eigenvalue weighted by Crippen LogP contribution is 2.27. The molecule has 108 valence electrons. The smallest absolute Gasteiger partial charge is 0.0953 e. The van der Waals surface area contributed by atoms with Crippen molar-refractivity contribution in [3.63, 3.8) is 0 Å². The quantitative estimate of drug-likeness (QED) is 0.931. The average Bonchev–Trinajstić information content (AvgIpc) is 3.02. The van der Waals surface area contributed by atoms with Gasteiger partial charge in [-0.3, -0.25) is 4.68 Å². The van der Waals surface area contributed by atoms with Crippen molar-refractivity contribution in [1.29, 1.82) is 0 Å². The van der Waals surface area contributed by atoms with Crippen LogP contribution in [0, 0.1) is 0 Å². The molecule has 3 heterocycles. The monoisotopic (exact) mass is 273 g/mol. The number of hydrogen-bond donors (Lipinski definition) is 1. The fraction of sp³-hybridized carbons (Fsp3) is 0.600. The molecular formula is C15H23N5. The Morgan fingerprint density at radius 3 is 3.15 bits per heavy atom. The van der Waals surface area contributed by atoms with Crippen LogP contribution in [0.1, 0.15) is 38.6 Å². The number of nitrogens with zero attached hydrogens (tertiary/aromatic N) is 4. The van der Waals surface area contributed by atoms with Crippen molar-refractivity contribution in [2.45, 2.75) is 45.2 Å². The fourth-order valence-corrected chi connectivity index (χ4v) is 2.95. The molecular weight excluding hydrogens is 250 g/mol. The summed E-state index contributed by atoms with van der Waals surface area (Å²) in [6.45, 7) is 5.37. The Morgan fingerprint density at radius 1 is 1.30 bits per heavy atom. The highest BCUT2D eigenvalue weighted by atomic mass is 15.3. The Balaban J connectivity index is 1.84. The van der Waals surface area contributed by atoms with Gasteiger partial charge in [0.05, 0.1) is 24.4 Å². The van der Waals surface area contributed by atoms with E-state index in [2.05, 4.69) is 33.1 Å². The number of hydrogen-bond acceptors (Lipinski definition) is 3. The van der Waals surface area contributed by atoms with Gasteiger partial charge in [0, 0.05) is 24.3 Å². The summed E-state index contributed by atoms with van der Waals surface area (Å²) >= 11 is 0. The van der Waals surface area contributed by atoms with Gasteiger partial charge < -0.3 is 9.88 Å². The normalized spacial score (nSPS) is 19.9. The van der Waals surface area contributed by atoms with Gasteiger partial charge in [-0.15, -0.1) is 0 Å². The Bertz CT molecular complexity index is 534. The summed E-state index contributed by atoms with van der Waals surface area (Å²) in [6.07, 6.45) is 12.8. The Hall–Kier alpha value is -1.62. The zero-order chi connectivity index (χ0) is 13.8. The van der Waals surface area contributed by atoms with E-state index in [1.165, 1.54) is 30.5 Å². The second-order valence-electron chi connectivity index (χ2n) is 5.51. The van der Waals surface area contributed by atoms with Crippen LogP contribution >= 0.6 is 0 Å². The number of imidazole rings is 1. The van der Waals surface area contributed by atoms with Crippen LogP contribution in [-0.2, 0) is 6.54 Å². The predicted octanol–water partition coefficient (Wildman–Crippen LogP) is 2.47. The van der Waals surface area contributed by atoms with Crippen LogP contribution < -0.4 is 5.32 Å². The molecule has 1 aliphatic rings. The van der Waals surface area contributed by atoms with Crippen LogP contribution in [0.25, 0.3) is 11.3 Å². The van der Waals surface area contributed by atoms with Crippen molar-refractivity contribution in [3.05, 3.63) is 24.9 Å². The third kappa shape index (κ3) is 2.77. The van der Waals surface area contributed by atoms with Gasteiger partial charge in [0.15, 0.2) is 0 Å². The van der Waals surface area contributed by atoms with Crippen LogP contribution in [0.5, 0.6) is 0 Å². The molecule has 5 nitrogen and oxygen atoms in total. The summed E-state index contributed by atoms with van der Waals surface area (Å²) in [4.78, 5) is 4.37. The van der Waals surface area contributed by atoms with Crippen LogP contribution in [0.2, 0.25) is 0 Å². The fourth-order valence-electron chi connectivity index (χ4n) is 2.95. The minimum atomic E-state index is 0.553. The highest BCUT2D eigenvalue weighted by Gasteiger charge is 2.17. The van der Waals surface area contributed by atoms with Crippen LogP contribution in [0.4, 0.5) is 0 Å². The molecule has 1 saturated heterocycles. The van der Waals surface area contributed by atoms with E-state index < -0.39 is 0 Å². The van der Waals surface area contributed by atoms with E-state index in [9.17, 15) is 0 Å². The maximum absolute atomic E-state index is 4.43. The Labute approximate surface area is 120 Å². The molecule has 2 aromatic rings. The van der Waals surface area contributed by atoms with Gasteiger partial charge in [0.2, 0.25) is 0 Å². The SMILES string of the molecule is CCCn1cc(-c2cncn2C2CCCNCC2)cn1. The zero-order valence-electron chi connectivity index (χ0n) is 12.1. The third-order valence-corrected chi connectivity index (χ3v) is 3.99. The van der Waals surface area contributed by atoms with Gasteiger partial charge in [0.25, 0.3) is 0 Å². The van der Waals surface area contributed by atoms with Gasteiger partial charge >= 0.3 is 0 Å². The first-order valence-electron chi connectivity index (χ1n) is 7.64. The van der Waals surface area contributed by atoms with E-state index in [1.807, 2.05) is 23.4 Å². The molecule has 20 heavy (non-hydrogen) atoms. The Morgan fingerprint density at radius 2 is 2.25 bits per heavy atom. The Kier molecular flexibility index (Phi) is 4.16. The van der Waals surface area contributed by atoms with Crippen molar-refractivity contribution in [1.82, 2.24) is 24.6 Å². The summed E-state index contributed by atoms with van der Waals surface area (Å²) in [7, 11) is 0. The molecule has 0 saturated carbocycles. The molecule has 0 amide bonds. The molecule has 0 bridgehead atoms. The predicted molar refractivity (Wildman–Crippen MR) is 79.5 cm³/mol. The van der Waals surface area contributed by atoms with E-state index in [0.29, 0.717) is 6.04 Å². The summed E-state index contributed by atoms with van der Waals surface area (Å²) in [5.41, 5.74) is 2.37. The largest absolute Gasteiger partial charge is 0.327 e. The van der Waals surface area contributed by atoms with Crippen molar-refractivity contribution in [3.8, 4) is 11.3 Å². The maximum Gasteiger partial charge on any atom is 0.0953 e. The topological polar surface area (TPSA) is 47.7 Å². The van der Waals surface area contributed by atoms with E-state index in [0.717, 1.165) is 26.1 Å². The number of nitrogens with one attached hydrogen (secondary N) is 1. The lowest BCUT2D eigenvalue weighted by Crippen LogP contribution is -2.15. The summed E-state index contributed by atoms with van der Waals surface area (Å²) in [6, 6.07) is 0.553. The molecule has 1 atom stereocenters. The molecule has 1 N–H and O–H groups in total. The molecule has 3 rings (SSSR count). The summed E-state index contributed by atoms with van der Waals surface area (Å²) in [5, 5.41) is 7.90.